The molecule has 0 fully saturated rings. The summed E-state index contributed by atoms with van der Waals surface area (Å²) in [5.74, 6) is 1.93. The van der Waals surface area contributed by atoms with Gasteiger partial charge in [0.1, 0.15) is 25.1 Å². The van der Waals surface area contributed by atoms with Crippen LogP contribution in [0.5, 0.6) is 17.2 Å². The Bertz CT molecular complexity index is 609. The lowest BCUT2D eigenvalue weighted by molar-refractivity contribution is 0.157. The molecule has 0 saturated heterocycles. The van der Waals surface area contributed by atoms with Gasteiger partial charge in [-0.3, -0.25) is 0 Å². The fraction of sp³-hybridized carbons (Fsp3) is 0.250. The third kappa shape index (κ3) is 2.18. The van der Waals surface area contributed by atoms with Crippen molar-refractivity contribution < 1.29 is 19.3 Å². The average Bonchev–Trinajstić information content (AvgIpc) is 2.53. The van der Waals surface area contributed by atoms with Gasteiger partial charge in [0.25, 0.3) is 0 Å². The Morgan fingerprint density at radius 1 is 1.00 bits per heavy atom. The van der Waals surface area contributed by atoms with E-state index in [1.807, 2.05) is 42.5 Å². The van der Waals surface area contributed by atoms with Crippen LogP contribution in [0.1, 0.15) is 17.2 Å². The van der Waals surface area contributed by atoms with E-state index in [2.05, 4.69) is 0 Å². The number of aliphatic hydroxyl groups excluding tert-OH is 1. The molecule has 1 atom stereocenters. The largest absolute Gasteiger partial charge is 0.496 e. The molecule has 0 spiro atoms. The first-order chi connectivity index (χ1) is 9.81. The van der Waals surface area contributed by atoms with Crippen LogP contribution in [0.4, 0.5) is 0 Å². The Labute approximate surface area is 117 Å². The zero-order chi connectivity index (χ0) is 13.9. The summed E-state index contributed by atoms with van der Waals surface area (Å²) in [6.07, 6.45) is -0.817. The van der Waals surface area contributed by atoms with Crippen LogP contribution in [0, 0.1) is 0 Å². The van der Waals surface area contributed by atoms with E-state index >= 15 is 0 Å². The monoisotopic (exact) mass is 272 g/mol. The van der Waals surface area contributed by atoms with E-state index in [1.54, 1.807) is 7.11 Å². The van der Waals surface area contributed by atoms with Crippen LogP contribution in [0.2, 0.25) is 0 Å². The van der Waals surface area contributed by atoms with Crippen LogP contribution in [0.25, 0.3) is 0 Å². The molecule has 1 heterocycles. The van der Waals surface area contributed by atoms with Crippen LogP contribution in [-0.2, 0) is 0 Å². The first-order valence-electron chi connectivity index (χ1n) is 6.50. The molecule has 1 aliphatic rings. The second-order valence-electron chi connectivity index (χ2n) is 4.52. The van der Waals surface area contributed by atoms with Gasteiger partial charge < -0.3 is 19.3 Å². The van der Waals surface area contributed by atoms with E-state index < -0.39 is 6.10 Å². The summed E-state index contributed by atoms with van der Waals surface area (Å²) in [7, 11) is 1.59. The predicted octanol–water partition coefficient (Wildman–Crippen LogP) is 2.55. The predicted molar refractivity (Wildman–Crippen MR) is 74.5 cm³/mol. The standard InChI is InChI=1S/C16H16O4/c1-18-13-7-3-2-5-11(13)15(17)12-6-4-8-14-16(12)20-10-9-19-14/h2-8,15,17H,9-10H2,1H3. The lowest BCUT2D eigenvalue weighted by Crippen LogP contribution is -2.17. The highest BCUT2D eigenvalue weighted by molar-refractivity contribution is 5.52. The summed E-state index contributed by atoms with van der Waals surface area (Å²) in [5.41, 5.74) is 1.39. The number of benzene rings is 2. The third-order valence-electron chi connectivity index (χ3n) is 3.32. The molecule has 3 rings (SSSR count). The molecule has 4 heteroatoms. The molecule has 0 aliphatic carbocycles. The molecule has 104 valence electrons. The fourth-order valence-corrected chi connectivity index (χ4v) is 2.37. The number of rotatable bonds is 3. The van der Waals surface area contributed by atoms with Gasteiger partial charge in [0.2, 0.25) is 0 Å². The van der Waals surface area contributed by atoms with Crippen molar-refractivity contribution in [2.24, 2.45) is 0 Å². The van der Waals surface area contributed by atoms with E-state index in [-0.39, 0.29) is 0 Å². The highest BCUT2D eigenvalue weighted by Crippen LogP contribution is 2.40. The summed E-state index contributed by atoms with van der Waals surface area (Å²) in [6, 6.07) is 12.9. The normalized spacial score (nSPS) is 14.7. The maximum absolute atomic E-state index is 10.6. The molecule has 20 heavy (non-hydrogen) atoms. The number of methoxy groups -OCH3 is 1. The number of aliphatic hydroxyl groups is 1. The molecule has 0 bridgehead atoms. The summed E-state index contributed by atoms with van der Waals surface area (Å²) in [4.78, 5) is 0. The Hall–Kier alpha value is -2.20. The van der Waals surface area contributed by atoms with Gasteiger partial charge in [-0.25, -0.2) is 0 Å². The van der Waals surface area contributed by atoms with E-state index in [4.69, 9.17) is 14.2 Å². The SMILES string of the molecule is COc1ccccc1C(O)c1cccc2c1OCCO2. The highest BCUT2D eigenvalue weighted by Gasteiger charge is 2.23. The molecule has 0 aromatic heterocycles. The van der Waals surface area contributed by atoms with Crippen molar-refractivity contribution >= 4 is 0 Å². The van der Waals surface area contributed by atoms with Crippen molar-refractivity contribution in [3.8, 4) is 17.2 Å². The quantitative estimate of drug-likeness (QED) is 0.932. The third-order valence-corrected chi connectivity index (χ3v) is 3.32. The van der Waals surface area contributed by atoms with Gasteiger partial charge in [-0.15, -0.1) is 0 Å². The molecular weight excluding hydrogens is 256 g/mol. The zero-order valence-electron chi connectivity index (χ0n) is 11.2. The van der Waals surface area contributed by atoms with E-state index in [9.17, 15) is 5.11 Å². The molecule has 0 amide bonds. The average molecular weight is 272 g/mol. The van der Waals surface area contributed by atoms with Crippen molar-refractivity contribution in [3.63, 3.8) is 0 Å². The van der Waals surface area contributed by atoms with Gasteiger partial charge >= 0.3 is 0 Å². The van der Waals surface area contributed by atoms with Gasteiger partial charge in [-0.2, -0.15) is 0 Å². The molecule has 2 aromatic carbocycles. The first kappa shape index (κ1) is 12.8. The Morgan fingerprint density at radius 2 is 1.75 bits per heavy atom. The number of hydrogen-bond acceptors (Lipinski definition) is 4. The van der Waals surface area contributed by atoms with Crippen molar-refractivity contribution in [3.05, 3.63) is 53.6 Å². The Kier molecular flexibility index (Phi) is 3.48. The number of para-hydroxylation sites is 2. The van der Waals surface area contributed by atoms with Gasteiger partial charge in [-0.05, 0) is 12.1 Å². The Morgan fingerprint density at radius 3 is 2.60 bits per heavy atom. The molecule has 1 N–H and O–H groups in total. The maximum atomic E-state index is 10.6. The van der Waals surface area contributed by atoms with Crippen LogP contribution in [-0.4, -0.2) is 25.4 Å². The first-order valence-corrected chi connectivity index (χ1v) is 6.50. The molecule has 4 nitrogen and oxygen atoms in total. The molecule has 0 saturated carbocycles. The molecule has 2 aromatic rings. The summed E-state index contributed by atoms with van der Waals surface area (Å²) in [5, 5.41) is 10.6. The number of hydrogen-bond donors (Lipinski definition) is 1. The topological polar surface area (TPSA) is 47.9 Å². The minimum atomic E-state index is -0.817. The zero-order valence-corrected chi connectivity index (χ0v) is 11.2. The molecule has 0 radical (unpaired) electrons. The van der Waals surface area contributed by atoms with Gasteiger partial charge in [0.05, 0.1) is 7.11 Å². The van der Waals surface area contributed by atoms with E-state index in [1.165, 1.54) is 0 Å². The van der Waals surface area contributed by atoms with Crippen molar-refractivity contribution in [2.75, 3.05) is 20.3 Å². The lowest BCUT2D eigenvalue weighted by Gasteiger charge is -2.23. The van der Waals surface area contributed by atoms with E-state index in [0.29, 0.717) is 41.6 Å². The van der Waals surface area contributed by atoms with Crippen molar-refractivity contribution in [2.45, 2.75) is 6.10 Å². The number of ether oxygens (including phenoxy) is 3. The minimum absolute atomic E-state index is 0.489. The van der Waals surface area contributed by atoms with Crippen LogP contribution in [0.15, 0.2) is 42.5 Å². The summed E-state index contributed by atoms with van der Waals surface area (Å²) >= 11 is 0. The van der Waals surface area contributed by atoms with Gasteiger partial charge in [0.15, 0.2) is 11.5 Å². The maximum Gasteiger partial charge on any atom is 0.167 e. The number of fused-ring (bicyclic) bond motifs is 1. The van der Waals surface area contributed by atoms with E-state index in [0.717, 1.165) is 0 Å². The molecular formula is C16H16O4. The van der Waals surface area contributed by atoms with Crippen LogP contribution < -0.4 is 14.2 Å². The fourth-order valence-electron chi connectivity index (χ4n) is 2.37. The summed E-state index contributed by atoms with van der Waals surface area (Å²) < 4.78 is 16.5. The van der Waals surface area contributed by atoms with Crippen molar-refractivity contribution in [1.82, 2.24) is 0 Å². The lowest BCUT2D eigenvalue weighted by atomic mass is 9.99. The molecule has 1 aliphatic heterocycles. The Balaban J connectivity index is 2.04. The molecule has 1 unspecified atom stereocenters. The minimum Gasteiger partial charge on any atom is -0.496 e. The van der Waals surface area contributed by atoms with Crippen LogP contribution >= 0.6 is 0 Å². The second kappa shape index (κ2) is 5.43. The van der Waals surface area contributed by atoms with Crippen LogP contribution in [0.3, 0.4) is 0 Å². The van der Waals surface area contributed by atoms with Gasteiger partial charge in [0, 0.05) is 11.1 Å². The van der Waals surface area contributed by atoms with Gasteiger partial charge in [-0.1, -0.05) is 30.3 Å². The smallest absolute Gasteiger partial charge is 0.167 e. The summed E-state index contributed by atoms with van der Waals surface area (Å²) in [6.45, 7) is 1.02. The second-order valence-corrected chi connectivity index (χ2v) is 4.52. The highest BCUT2D eigenvalue weighted by atomic mass is 16.6. The van der Waals surface area contributed by atoms with Crippen molar-refractivity contribution in [1.29, 1.82) is 0 Å².